The van der Waals surface area contributed by atoms with Gasteiger partial charge in [-0.3, -0.25) is 10.0 Å². The predicted molar refractivity (Wildman–Crippen MR) is 18.0 cm³/mol. The second kappa shape index (κ2) is 3.01. The highest BCUT2D eigenvalue weighted by atomic mass is 16.8. The average Bonchev–Trinajstić information content (AvgIpc) is 1.65. The van der Waals surface area contributed by atoms with Crippen LogP contribution in [0, 0.1) is 0 Å². The van der Waals surface area contributed by atoms with Crippen molar-refractivity contribution >= 4 is 0 Å². The Balaban J connectivity index is 2.75. The largest absolute Gasteiger partial charge is 0.299 e. The van der Waals surface area contributed by atoms with Crippen molar-refractivity contribution in [3.63, 3.8) is 0 Å². The van der Waals surface area contributed by atoms with E-state index in [2.05, 4.69) is 4.84 Å². The van der Waals surface area contributed by atoms with Gasteiger partial charge in [-0.25, -0.2) is 5.84 Å². The maximum atomic E-state index is 7.76. The Morgan fingerprint density at radius 3 is 2.50 bits per heavy atom. The predicted octanol–water partition coefficient (Wildman–Crippen LogP) is -1.38. The standard InChI is InChI=1S/CH7N3O2/c1-6-4(2)3-5/h3,5H,2H2,1H3. The molecule has 0 spiro atoms. The van der Waals surface area contributed by atoms with Gasteiger partial charge in [-0.05, 0) is 5.28 Å². The lowest BCUT2D eigenvalue weighted by molar-refractivity contribution is -0.242. The summed E-state index contributed by atoms with van der Waals surface area (Å²) in [5.74, 6) is 4.72. The van der Waals surface area contributed by atoms with Crippen molar-refractivity contribution in [2.45, 2.75) is 0 Å². The topological polar surface area (TPSA) is 70.8 Å². The van der Waals surface area contributed by atoms with Gasteiger partial charge in [0.2, 0.25) is 0 Å². The molecule has 0 aliphatic heterocycles. The van der Waals surface area contributed by atoms with Crippen molar-refractivity contribution in [2.75, 3.05) is 7.11 Å². The van der Waals surface area contributed by atoms with E-state index in [4.69, 9.17) is 11.0 Å². The molecular formula is CH7N3O2. The molecule has 0 saturated carbocycles. The molecule has 0 fully saturated rings. The fourth-order valence-corrected chi connectivity index (χ4v) is 0.0408. The minimum absolute atomic E-state index is 0.556. The first-order valence-electron chi connectivity index (χ1n) is 1.30. The average molecular weight is 93.1 g/mol. The molecule has 0 bridgehead atoms. The molecule has 0 radical (unpaired) electrons. The number of nitrogens with two attached hydrogens (primary N) is 1. The van der Waals surface area contributed by atoms with Gasteiger partial charge in [0.25, 0.3) is 0 Å². The van der Waals surface area contributed by atoms with E-state index >= 15 is 0 Å². The molecule has 0 aromatic heterocycles. The zero-order valence-corrected chi connectivity index (χ0v) is 3.38. The molecule has 6 heavy (non-hydrogen) atoms. The summed E-state index contributed by atoms with van der Waals surface area (Å²) >= 11 is 0. The summed E-state index contributed by atoms with van der Waals surface area (Å²) in [6.45, 7) is 0. The number of hydrogen-bond donors (Lipinski definition) is 3. The minimum Gasteiger partial charge on any atom is -0.299 e. The smallest absolute Gasteiger partial charge is 0.0607 e. The van der Waals surface area contributed by atoms with Gasteiger partial charge in [0.1, 0.15) is 0 Å². The summed E-state index contributed by atoms with van der Waals surface area (Å²) in [7, 11) is 1.31. The molecule has 0 rings (SSSR count). The Morgan fingerprint density at radius 2 is 2.50 bits per heavy atom. The van der Waals surface area contributed by atoms with Gasteiger partial charge in [-0.15, -0.1) is 0 Å². The number of nitrogens with zero attached hydrogens (tertiary/aromatic N) is 1. The fraction of sp³-hybridized carbons (Fsp3) is 1.00. The molecule has 0 aromatic carbocycles. The molecule has 0 atom stereocenters. The van der Waals surface area contributed by atoms with Gasteiger partial charge in [-0.1, -0.05) is 5.59 Å². The van der Waals surface area contributed by atoms with Crippen LogP contribution in [0.15, 0.2) is 0 Å². The van der Waals surface area contributed by atoms with Crippen molar-refractivity contribution in [2.24, 2.45) is 5.84 Å². The monoisotopic (exact) mass is 93.1 g/mol. The molecular weight excluding hydrogens is 86.0 g/mol. The Morgan fingerprint density at radius 1 is 2.00 bits per heavy atom. The van der Waals surface area contributed by atoms with E-state index in [1.807, 2.05) is 0 Å². The van der Waals surface area contributed by atoms with Gasteiger partial charge in [0, 0.05) is 0 Å². The third-order valence-corrected chi connectivity index (χ3v) is 0.295. The molecule has 0 aromatic rings. The van der Waals surface area contributed by atoms with Crippen LogP contribution in [0.2, 0.25) is 0 Å². The lowest BCUT2D eigenvalue weighted by Crippen LogP contribution is -2.40. The highest BCUT2D eigenvalue weighted by Gasteiger charge is 1.82. The van der Waals surface area contributed by atoms with Crippen molar-refractivity contribution in [1.29, 1.82) is 0 Å². The molecule has 5 heteroatoms. The maximum Gasteiger partial charge on any atom is 0.0607 e. The highest BCUT2D eigenvalue weighted by Crippen LogP contribution is 1.57. The van der Waals surface area contributed by atoms with E-state index in [0.717, 1.165) is 0 Å². The van der Waals surface area contributed by atoms with E-state index in [-0.39, 0.29) is 0 Å². The SMILES string of the molecule is CON(N)NO. The van der Waals surface area contributed by atoms with Gasteiger partial charge in [0.05, 0.1) is 7.11 Å². The molecule has 0 aliphatic rings. The normalized spacial score (nSPS) is 10.0. The molecule has 0 saturated heterocycles. The zero-order valence-electron chi connectivity index (χ0n) is 3.38. The zero-order chi connectivity index (χ0) is 4.99. The molecule has 0 unspecified atom stereocenters. The molecule has 5 nitrogen and oxygen atoms in total. The summed E-state index contributed by atoms with van der Waals surface area (Å²) in [6, 6.07) is 0. The number of hydrazine groups is 2. The van der Waals surface area contributed by atoms with Gasteiger partial charge >= 0.3 is 0 Å². The first-order chi connectivity index (χ1) is 2.81. The van der Waals surface area contributed by atoms with Crippen molar-refractivity contribution < 1.29 is 10.0 Å². The summed E-state index contributed by atoms with van der Waals surface area (Å²) in [6.07, 6.45) is 0. The van der Waals surface area contributed by atoms with Crippen LogP contribution >= 0.6 is 0 Å². The second-order valence-electron chi connectivity index (χ2n) is 0.608. The quantitative estimate of drug-likeness (QED) is 0.290. The summed E-state index contributed by atoms with van der Waals surface area (Å²) < 4.78 is 0. The number of nitrogens with one attached hydrogen (secondary N) is 1. The molecule has 0 amide bonds. The van der Waals surface area contributed by atoms with Gasteiger partial charge in [-0.2, -0.15) is 0 Å². The van der Waals surface area contributed by atoms with Gasteiger partial charge in [0.15, 0.2) is 0 Å². The summed E-state index contributed by atoms with van der Waals surface area (Å²) in [4.78, 5) is 4.15. The Hall–Kier alpha value is -0.200. The molecule has 38 valence electrons. The molecule has 4 N–H and O–H groups in total. The number of hydrogen-bond acceptors (Lipinski definition) is 5. The van der Waals surface area contributed by atoms with Crippen molar-refractivity contribution in [1.82, 2.24) is 10.9 Å². The Kier molecular flexibility index (Phi) is 2.91. The minimum atomic E-state index is 0.556. The van der Waals surface area contributed by atoms with Crippen LogP contribution in [-0.2, 0) is 4.84 Å². The van der Waals surface area contributed by atoms with E-state index in [0.29, 0.717) is 5.28 Å². The van der Waals surface area contributed by atoms with Crippen LogP contribution in [0.4, 0.5) is 0 Å². The van der Waals surface area contributed by atoms with Gasteiger partial charge < -0.3 is 0 Å². The second-order valence-corrected chi connectivity index (χ2v) is 0.608. The van der Waals surface area contributed by atoms with Crippen LogP contribution in [0.5, 0.6) is 0 Å². The highest BCUT2D eigenvalue weighted by molar-refractivity contribution is 3.81. The van der Waals surface area contributed by atoms with E-state index in [1.165, 1.54) is 12.7 Å². The summed E-state index contributed by atoms with van der Waals surface area (Å²) in [5.41, 5.74) is 1.50. The lowest BCUT2D eigenvalue weighted by atomic mass is 11.7. The third-order valence-electron chi connectivity index (χ3n) is 0.295. The maximum absolute atomic E-state index is 7.76. The van der Waals surface area contributed by atoms with E-state index in [1.54, 1.807) is 0 Å². The number of rotatable bonds is 2. The first-order valence-corrected chi connectivity index (χ1v) is 1.30. The van der Waals surface area contributed by atoms with Crippen LogP contribution in [0.1, 0.15) is 0 Å². The van der Waals surface area contributed by atoms with Crippen molar-refractivity contribution in [3.8, 4) is 0 Å². The van der Waals surface area contributed by atoms with Crippen LogP contribution in [0.3, 0.4) is 0 Å². The van der Waals surface area contributed by atoms with Crippen molar-refractivity contribution in [3.05, 3.63) is 0 Å². The Bertz CT molecular complexity index is 28.0. The fourth-order valence-electron chi connectivity index (χ4n) is 0.0408. The lowest BCUT2D eigenvalue weighted by Gasteiger charge is -2.06. The van der Waals surface area contributed by atoms with E-state index in [9.17, 15) is 0 Å². The molecule has 0 heterocycles. The van der Waals surface area contributed by atoms with Crippen LogP contribution in [-0.4, -0.2) is 17.6 Å². The summed E-state index contributed by atoms with van der Waals surface area (Å²) in [5, 5.41) is 8.32. The first kappa shape index (κ1) is 5.80. The third kappa shape index (κ3) is 2.06. The van der Waals surface area contributed by atoms with Crippen LogP contribution in [0.25, 0.3) is 0 Å². The van der Waals surface area contributed by atoms with E-state index < -0.39 is 0 Å². The Labute approximate surface area is 35.1 Å². The molecule has 0 aliphatic carbocycles. The van der Waals surface area contributed by atoms with Crippen LogP contribution < -0.4 is 11.4 Å².